The summed E-state index contributed by atoms with van der Waals surface area (Å²) in [7, 11) is -3.81. The Balaban J connectivity index is 1.72. The van der Waals surface area contributed by atoms with E-state index >= 15 is 0 Å². The molecule has 146 valence electrons. The van der Waals surface area contributed by atoms with Gasteiger partial charge in [-0.1, -0.05) is 12.1 Å². The van der Waals surface area contributed by atoms with Gasteiger partial charge in [0.05, 0.1) is 37.3 Å². The van der Waals surface area contributed by atoms with E-state index in [0.29, 0.717) is 19.0 Å². The molecule has 0 spiro atoms. The monoisotopic (exact) mass is 386 g/mol. The molecule has 0 saturated carbocycles. The highest BCUT2D eigenvalue weighted by molar-refractivity contribution is 7.85. The molecule has 0 atom stereocenters. The van der Waals surface area contributed by atoms with Crippen molar-refractivity contribution in [1.82, 2.24) is 0 Å². The zero-order chi connectivity index (χ0) is 19.4. The smallest absolute Gasteiger partial charge is 0.491 e. The average molecular weight is 386 g/mol. The van der Waals surface area contributed by atoms with Gasteiger partial charge in [0.25, 0.3) is 10.1 Å². The standard InChI is InChI=1S/C17H27BO7S/c1-16(2)17(3,4)25-18(24-16)14-6-8-15(9-7-14)22-12-10-21-11-13-23-26(5,19)20/h6-9H,10-13H2,1-5H3. The minimum absolute atomic E-state index is 0.00160. The molecule has 0 N–H and O–H groups in total. The minimum atomic E-state index is -3.42. The number of ether oxygens (including phenoxy) is 2. The lowest BCUT2D eigenvalue weighted by molar-refractivity contribution is 0.00578. The molecular weight excluding hydrogens is 359 g/mol. The minimum Gasteiger partial charge on any atom is -0.491 e. The van der Waals surface area contributed by atoms with Gasteiger partial charge in [-0.3, -0.25) is 4.18 Å². The van der Waals surface area contributed by atoms with Gasteiger partial charge in [0, 0.05) is 0 Å². The Morgan fingerprint density at radius 1 is 0.923 bits per heavy atom. The van der Waals surface area contributed by atoms with E-state index in [-0.39, 0.29) is 24.4 Å². The molecule has 0 aliphatic carbocycles. The van der Waals surface area contributed by atoms with Crippen molar-refractivity contribution in [2.24, 2.45) is 0 Å². The van der Waals surface area contributed by atoms with Crippen LogP contribution in [0.15, 0.2) is 24.3 Å². The van der Waals surface area contributed by atoms with E-state index in [1.807, 2.05) is 52.0 Å². The molecule has 1 saturated heterocycles. The summed E-state index contributed by atoms with van der Waals surface area (Å²) in [6.07, 6.45) is 1.00. The number of rotatable bonds is 9. The zero-order valence-corrected chi connectivity index (χ0v) is 16.8. The molecule has 0 amide bonds. The Hall–Kier alpha value is -1.13. The molecule has 0 radical (unpaired) electrons. The highest BCUT2D eigenvalue weighted by atomic mass is 32.2. The molecule has 1 heterocycles. The lowest BCUT2D eigenvalue weighted by Crippen LogP contribution is -2.41. The first-order chi connectivity index (χ1) is 12.0. The molecule has 1 fully saturated rings. The van der Waals surface area contributed by atoms with Crippen LogP contribution in [-0.2, 0) is 28.3 Å². The summed E-state index contributed by atoms with van der Waals surface area (Å²) in [5.74, 6) is 0.709. The van der Waals surface area contributed by atoms with E-state index in [1.165, 1.54) is 0 Å². The second-order valence-electron chi connectivity index (χ2n) is 7.14. The van der Waals surface area contributed by atoms with Crippen LogP contribution >= 0.6 is 0 Å². The van der Waals surface area contributed by atoms with Crippen LogP contribution in [0.5, 0.6) is 5.75 Å². The maximum absolute atomic E-state index is 10.8. The molecule has 26 heavy (non-hydrogen) atoms. The third kappa shape index (κ3) is 5.95. The van der Waals surface area contributed by atoms with Crippen molar-refractivity contribution in [2.45, 2.75) is 38.9 Å². The predicted molar refractivity (Wildman–Crippen MR) is 99.3 cm³/mol. The van der Waals surface area contributed by atoms with E-state index < -0.39 is 17.2 Å². The summed E-state index contributed by atoms with van der Waals surface area (Å²) in [5.41, 5.74) is 0.195. The van der Waals surface area contributed by atoms with E-state index in [9.17, 15) is 8.42 Å². The fourth-order valence-corrected chi connectivity index (χ4v) is 2.64. The van der Waals surface area contributed by atoms with Crippen molar-refractivity contribution in [1.29, 1.82) is 0 Å². The summed E-state index contributed by atoms with van der Waals surface area (Å²) in [6.45, 7) is 8.97. The van der Waals surface area contributed by atoms with Gasteiger partial charge in [-0.2, -0.15) is 8.42 Å². The predicted octanol–water partition coefficient (Wildman–Crippen LogP) is 1.36. The molecular formula is C17H27BO7S. The van der Waals surface area contributed by atoms with E-state index in [4.69, 9.17) is 18.8 Å². The average Bonchev–Trinajstić information content (AvgIpc) is 2.74. The quantitative estimate of drug-likeness (QED) is 0.360. The van der Waals surface area contributed by atoms with Crippen LogP contribution < -0.4 is 10.2 Å². The molecule has 1 aromatic rings. The van der Waals surface area contributed by atoms with Gasteiger partial charge in [-0.15, -0.1) is 0 Å². The van der Waals surface area contributed by atoms with E-state index in [1.54, 1.807) is 0 Å². The lowest BCUT2D eigenvalue weighted by Gasteiger charge is -2.32. The fraction of sp³-hybridized carbons (Fsp3) is 0.647. The normalized spacial score (nSPS) is 18.9. The van der Waals surface area contributed by atoms with Crippen LogP contribution in [0.4, 0.5) is 0 Å². The zero-order valence-electron chi connectivity index (χ0n) is 16.0. The maximum atomic E-state index is 10.8. The first-order valence-corrected chi connectivity index (χ1v) is 10.3. The Bertz CT molecular complexity index is 670. The Morgan fingerprint density at radius 2 is 1.46 bits per heavy atom. The molecule has 9 heteroatoms. The van der Waals surface area contributed by atoms with Gasteiger partial charge < -0.3 is 18.8 Å². The number of hydrogen-bond donors (Lipinski definition) is 0. The maximum Gasteiger partial charge on any atom is 0.494 e. The van der Waals surface area contributed by atoms with Crippen molar-refractivity contribution in [3.8, 4) is 5.75 Å². The Labute approximate surface area is 156 Å². The highest BCUT2D eigenvalue weighted by Crippen LogP contribution is 2.36. The van der Waals surface area contributed by atoms with Gasteiger partial charge in [-0.05, 0) is 45.3 Å². The van der Waals surface area contributed by atoms with E-state index in [2.05, 4.69) is 4.18 Å². The summed E-state index contributed by atoms with van der Waals surface area (Å²) in [6, 6.07) is 7.54. The van der Waals surface area contributed by atoms with E-state index in [0.717, 1.165) is 11.7 Å². The summed E-state index contributed by atoms with van der Waals surface area (Å²) < 4.78 is 49.0. The third-order valence-electron chi connectivity index (χ3n) is 4.43. The Morgan fingerprint density at radius 3 is 2.00 bits per heavy atom. The van der Waals surface area contributed by atoms with Gasteiger partial charge in [0.2, 0.25) is 0 Å². The Kier molecular flexibility index (Phi) is 6.73. The second kappa shape index (κ2) is 8.27. The number of benzene rings is 1. The SMILES string of the molecule is CC1(C)OB(c2ccc(OCCOCCOS(C)(=O)=O)cc2)OC1(C)C. The molecule has 2 rings (SSSR count). The van der Waals surface area contributed by atoms with Crippen LogP contribution in [-0.4, -0.2) is 59.4 Å². The van der Waals surface area contributed by atoms with Crippen molar-refractivity contribution >= 4 is 22.7 Å². The highest BCUT2D eigenvalue weighted by Gasteiger charge is 2.51. The fourth-order valence-electron chi connectivity index (χ4n) is 2.27. The van der Waals surface area contributed by atoms with Gasteiger partial charge in [0.1, 0.15) is 12.4 Å². The molecule has 0 unspecified atom stereocenters. The molecule has 1 aliphatic heterocycles. The van der Waals surface area contributed by atoms with Crippen molar-refractivity contribution in [3.63, 3.8) is 0 Å². The molecule has 1 aromatic carbocycles. The van der Waals surface area contributed by atoms with Crippen LogP contribution in [0.2, 0.25) is 0 Å². The van der Waals surface area contributed by atoms with Gasteiger partial charge in [-0.25, -0.2) is 0 Å². The summed E-state index contributed by atoms with van der Waals surface area (Å²) in [5, 5.41) is 0. The first kappa shape index (κ1) is 21.2. The molecule has 1 aliphatic rings. The topological polar surface area (TPSA) is 80.3 Å². The second-order valence-corrected chi connectivity index (χ2v) is 8.79. The third-order valence-corrected chi connectivity index (χ3v) is 5.02. The molecule has 0 bridgehead atoms. The number of hydrogen-bond acceptors (Lipinski definition) is 7. The lowest BCUT2D eigenvalue weighted by atomic mass is 9.79. The van der Waals surface area contributed by atoms with Crippen LogP contribution in [0.3, 0.4) is 0 Å². The summed E-state index contributed by atoms with van der Waals surface area (Å²) in [4.78, 5) is 0. The van der Waals surface area contributed by atoms with Gasteiger partial charge >= 0.3 is 7.12 Å². The van der Waals surface area contributed by atoms with Gasteiger partial charge in [0.15, 0.2) is 0 Å². The van der Waals surface area contributed by atoms with Crippen LogP contribution in [0.1, 0.15) is 27.7 Å². The molecule has 7 nitrogen and oxygen atoms in total. The first-order valence-electron chi connectivity index (χ1n) is 8.51. The van der Waals surface area contributed by atoms with Crippen LogP contribution in [0.25, 0.3) is 0 Å². The van der Waals surface area contributed by atoms with Crippen molar-refractivity contribution < 1.29 is 31.4 Å². The summed E-state index contributed by atoms with van der Waals surface area (Å²) >= 11 is 0. The largest absolute Gasteiger partial charge is 0.494 e. The molecule has 0 aromatic heterocycles. The van der Waals surface area contributed by atoms with Crippen LogP contribution in [0, 0.1) is 0 Å². The van der Waals surface area contributed by atoms with Crippen molar-refractivity contribution in [2.75, 3.05) is 32.7 Å². The van der Waals surface area contributed by atoms with Crippen molar-refractivity contribution in [3.05, 3.63) is 24.3 Å².